The molecule has 0 radical (unpaired) electrons. The summed E-state index contributed by atoms with van der Waals surface area (Å²) in [6.45, 7) is 38.7. The molecule has 1 fully saturated rings. The zero-order valence-corrected chi connectivity index (χ0v) is 50.3. The van der Waals surface area contributed by atoms with Gasteiger partial charge in [0.05, 0.1) is 30.5 Å². The predicted octanol–water partition coefficient (Wildman–Crippen LogP) is 14.6. The van der Waals surface area contributed by atoms with Crippen LogP contribution in [0.3, 0.4) is 0 Å². The number of carbonyl (C=O) groups is 2. The SMILES string of the molecule is CC(C)(C)c1ccc(N)cc1.CC(C)(C)c1ccc2c(c1)C1CC(N2)C(O)CO1.CC(C)(C)c1ccc2c(c1)CCCN2.CCC1Oc2cc(C(C)(C)C)ccc2NC1=O.CCN1Cc2cc(C(C)C)ccc2NCCC1=O. The molecule has 4 unspecified atom stereocenters. The van der Waals surface area contributed by atoms with E-state index in [0.717, 1.165) is 55.4 Å². The highest BCUT2D eigenvalue weighted by Gasteiger charge is 2.37. The lowest BCUT2D eigenvalue weighted by Crippen LogP contribution is -2.46. The van der Waals surface area contributed by atoms with Gasteiger partial charge in [-0.3, -0.25) is 9.59 Å². The van der Waals surface area contributed by atoms with Crippen molar-refractivity contribution in [2.45, 2.75) is 201 Å². The maximum absolute atomic E-state index is 11.9. The molecule has 5 aliphatic heterocycles. The molecule has 424 valence electrons. The molecule has 2 bridgehead atoms. The summed E-state index contributed by atoms with van der Waals surface area (Å²) in [5, 5.41) is 22.9. The molecule has 5 aromatic rings. The number of nitrogens with two attached hydrogens (primary N) is 1. The van der Waals surface area contributed by atoms with Crippen molar-refractivity contribution in [3.63, 3.8) is 0 Å². The van der Waals surface area contributed by atoms with Gasteiger partial charge in [-0.25, -0.2) is 0 Å². The number of carbonyl (C=O) groups excluding carboxylic acids is 2. The Labute approximate surface area is 469 Å². The number of nitrogens with zero attached hydrogens (tertiary/aromatic N) is 1. The van der Waals surface area contributed by atoms with Gasteiger partial charge in [-0.1, -0.05) is 158 Å². The smallest absolute Gasteiger partial charge is 0.265 e. The average Bonchev–Trinajstić information content (AvgIpc) is 3.38. The zero-order valence-electron chi connectivity index (χ0n) is 50.3. The van der Waals surface area contributed by atoms with E-state index in [1.165, 1.54) is 68.7 Å². The van der Waals surface area contributed by atoms with Crippen LogP contribution in [-0.2, 0) is 49.0 Å². The Hall–Kier alpha value is -6.04. The van der Waals surface area contributed by atoms with Gasteiger partial charge in [0.1, 0.15) is 5.75 Å². The lowest BCUT2D eigenvalue weighted by atomic mass is 9.82. The minimum absolute atomic E-state index is 0.0523. The van der Waals surface area contributed by atoms with Crippen LogP contribution in [0.1, 0.15) is 193 Å². The first-order valence-electron chi connectivity index (χ1n) is 28.8. The number of fused-ring (bicyclic) bond motifs is 7. The molecule has 5 aromatic carbocycles. The van der Waals surface area contributed by atoms with E-state index in [0.29, 0.717) is 25.4 Å². The number of nitrogen functional groups attached to an aromatic ring is 1. The van der Waals surface area contributed by atoms with E-state index >= 15 is 0 Å². The summed E-state index contributed by atoms with van der Waals surface area (Å²) in [6.07, 6.45) is 4.00. The van der Waals surface area contributed by atoms with Gasteiger partial charge in [-0.15, -0.1) is 0 Å². The summed E-state index contributed by atoms with van der Waals surface area (Å²) >= 11 is 0. The highest BCUT2D eigenvalue weighted by Crippen LogP contribution is 2.41. The highest BCUT2D eigenvalue weighted by molar-refractivity contribution is 5.97. The van der Waals surface area contributed by atoms with Crippen LogP contribution in [0.4, 0.5) is 28.4 Å². The summed E-state index contributed by atoms with van der Waals surface area (Å²) in [7, 11) is 0. The number of benzene rings is 5. The first-order valence-corrected chi connectivity index (χ1v) is 28.8. The molecule has 10 rings (SSSR count). The predicted molar refractivity (Wildman–Crippen MR) is 327 cm³/mol. The largest absolute Gasteiger partial charge is 0.478 e. The van der Waals surface area contributed by atoms with Crippen LogP contribution in [0.15, 0.2) is 97.1 Å². The molecule has 11 nitrogen and oxygen atoms in total. The molecule has 1 saturated heterocycles. The van der Waals surface area contributed by atoms with Crippen molar-refractivity contribution >= 4 is 40.3 Å². The van der Waals surface area contributed by atoms with Crippen molar-refractivity contribution in [3.8, 4) is 5.75 Å². The molecule has 2 amide bonds. The van der Waals surface area contributed by atoms with Gasteiger partial charge < -0.3 is 46.5 Å². The number of aliphatic hydroxyl groups is 1. The Morgan fingerprint density at radius 2 is 1.21 bits per heavy atom. The Balaban J connectivity index is 0.000000159. The van der Waals surface area contributed by atoms with Crippen molar-refractivity contribution in [1.82, 2.24) is 4.90 Å². The quantitative estimate of drug-likeness (QED) is 0.0971. The number of anilines is 5. The molecule has 7 N–H and O–H groups in total. The van der Waals surface area contributed by atoms with Gasteiger partial charge in [0.25, 0.3) is 5.91 Å². The summed E-state index contributed by atoms with van der Waals surface area (Å²) < 4.78 is 11.5. The topological polar surface area (TPSA) is 150 Å². The maximum atomic E-state index is 11.9. The third kappa shape index (κ3) is 16.5. The van der Waals surface area contributed by atoms with E-state index < -0.39 is 6.10 Å². The Bertz CT molecular complexity index is 2790. The summed E-state index contributed by atoms with van der Waals surface area (Å²) in [5.41, 5.74) is 22.1. The molecule has 0 saturated carbocycles. The van der Waals surface area contributed by atoms with Crippen molar-refractivity contribution in [3.05, 3.63) is 142 Å². The Kier molecular flexibility index (Phi) is 20.3. The Morgan fingerprint density at radius 1 is 0.654 bits per heavy atom. The standard InChI is InChI=1S/C15H22N2O.C15H21NO2.C14H19NO2.C13H19N.C10H15N/c1-4-17-10-13-9-12(11(2)3)5-6-14(13)16-8-7-15(17)18;1-15(2,3)9-4-5-11-10(6-9)14-7-12(16-11)13(17)8-18-14;1-5-11-13(16)15-10-7-6-9(14(2,3)4)8-12(10)17-11;1-13(2,3)11-6-7-12-10(9-11)5-4-8-14-12;1-10(2,3)8-4-6-9(11)7-5-8/h5-6,9,11,16H,4,7-8,10H2,1-3H3;4-6,12-14,16-17H,7-8H2,1-3H3;6-8,11H,5H2,1-4H3,(H,15,16);6-7,9,14H,4-5,8H2,1-3H3;4-7H,11H2,1-3H3. The summed E-state index contributed by atoms with van der Waals surface area (Å²) in [4.78, 5) is 25.5. The van der Waals surface area contributed by atoms with Crippen molar-refractivity contribution in [2.24, 2.45) is 0 Å². The lowest BCUT2D eigenvalue weighted by Gasteiger charge is -2.40. The van der Waals surface area contributed by atoms with E-state index in [-0.39, 0.29) is 51.7 Å². The van der Waals surface area contributed by atoms with Crippen LogP contribution in [0.2, 0.25) is 0 Å². The maximum Gasteiger partial charge on any atom is 0.265 e. The molecule has 4 atom stereocenters. The fourth-order valence-electron chi connectivity index (χ4n) is 9.91. The molecule has 5 heterocycles. The van der Waals surface area contributed by atoms with Crippen LogP contribution in [0.5, 0.6) is 5.75 Å². The van der Waals surface area contributed by atoms with Crippen molar-refractivity contribution < 1.29 is 24.2 Å². The first-order chi connectivity index (χ1) is 36.5. The molecule has 5 aliphatic rings. The van der Waals surface area contributed by atoms with Gasteiger partial charge in [0, 0.05) is 67.3 Å². The van der Waals surface area contributed by atoms with Gasteiger partial charge >= 0.3 is 0 Å². The van der Waals surface area contributed by atoms with Crippen LogP contribution < -0.4 is 31.7 Å². The van der Waals surface area contributed by atoms with E-state index in [2.05, 4.69) is 185 Å². The molecular weight excluding hydrogens is 969 g/mol. The fraction of sp³-hybridized carbons (Fsp3) is 0.522. The summed E-state index contributed by atoms with van der Waals surface area (Å²) in [6, 6.07) is 34.1. The van der Waals surface area contributed by atoms with Crippen LogP contribution in [-0.4, -0.2) is 66.3 Å². The fourth-order valence-corrected chi connectivity index (χ4v) is 9.91. The van der Waals surface area contributed by atoms with Crippen LogP contribution in [0, 0.1) is 0 Å². The number of hydrogen-bond acceptors (Lipinski definition) is 9. The lowest BCUT2D eigenvalue weighted by molar-refractivity contribution is -0.131. The average molecular weight is 1070 g/mol. The Morgan fingerprint density at radius 3 is 1.81 bits per heavy atom. The van der Waals surface area contributed by atoms with Gasteiger partial charge in [0.2, 0.25) is 5.91 Å². The molecule has 78 heavy (non-hydrogen) atoms. The number of aliphatic hydroxyl groups excluding tert-OH is 1. The van der Waals surface area contributed by atoms with E-state index in [1.54, 1.807) is 0 Å². The van der Waals surface area contributed by atoms with Gasteiger partial charge in [-0.2, -0.15) is 0 Å². The second-order valence-corrected chi connectivity index (χ2v) is 26.1. The number of aryl methyl sites for hydroxylation is 1. The van der Waals surface area contributed by atoms with Gasteiger partial charge in [-0.05, 0) is 135 Å². The third-order valence-corrected chi connectivity index (χ3v) is 15.3. The monoisotopic (exact) mass is 1060 g/mol. The number of nitrogens with one attached hydrogen (secondary N) is 4. The summed E-state index contributed by atoms with van der Waals surface area (Å²) in [5.74, 6) is 1.49. The second-order valence-electron chi connectivity index (χ2n) is 26.1. The molecule has 11 heteroatoms. The molecule has 0 spiro atoms. The minimum Gasteiger partial charge on any atom is -0.478 e. The van der Waals surface area contributed by atoms with Crippen molar-refractivity contribution in [1.29, 1.82) is 0 Å². The number of rotatable bonds is 3. The van der Waals surface area contributed by atoms with Crippen molar-refractivity contribution in [2.75, 3.05) is 53.2 Å². The normalized spacial score (nSPS) is 19.4. The van der Waals surface area contributed by atoms with Crippen LogP contribution in [0.25, 0.3) is 0 Å². The highest BCUT2D eigenvalue weighted by atomic mass is 16.5. The first kappa shape index (κ1) is 61.2. The number of amides is 2. The van der Waals surface area contributed by atoms with E-state index in [1.807, 2.05) is 49.1 Å². The molecular formula is C67H96N6O5. The van der Waals surface area contributed by atoms with E-state index in [9.17, 15) is 14.7 Å². The number of ether oxygens (including phenoxy) is 2. The third-order valence-electron chi connectivity index (χ3n) is 15.3. The number of hydrogen-bond donors (Lipinski definition) is 6. The second kappa shape index (κ2) is 25.8. The minimum atomic E-state index is -0.392. The molecule has 0 aliphatic carbocycles. The zero-order chi connectivity index (χ0) is 57.3. The van der Waals surface area contributed by atoms with Gasteiger partial charge in [0.15, 0.2) is 6.10 Å². The molecule has 0 aromatic heterocycles. The van der Waals surface area contributed by atoms with E-state index in [4.69, 9.17) is 15.2 Å². The van der Waals surface area contributed by atoms with Crippen LogP contribution >= 0.6 is 0 Å².